The molecule has 1 fully saturated rings. The third kappa shape index (κ3) is 2.72. The predicted molar refractivity (Wildman–Crippen MR) is 75.4 cm³/mol. The second-order valence-electron chi connectivity index (χ2n) is 4.27. The van der Waals surface area contributed by atoms with Gasteiger partial charge in [0.2, 0.25) is 10.0 Å². The largest absolute Gasteiger partial charge is 0.312 e. The van der Waals surface area contributed by atoms with E-state index in [1.54, 1.807) is 18.2 Å². The topological polar surface area (TPSA) is 49.4 Å². The number of hydrogen-bond acceptors (Lipinski definition) is 3. The van der Waals surface area contributed by atoms with Crippen molar-refractivity contribution in [3.8, 4) is 0 Å². The van der Waals surface area contributed by atoms with Gasteiger partial charge in [0, 0.05) is 30.1 Å². The molecule has 0 aromatic heterocycles. The number of halogens is 2. The minimum Gasteiger partial charge on any atom is -0.312 e. The maximum atomic E-state index is 12.6. The minimum absolute atomic E-state index is 0.148. The third-order valence-corrected chi connectivity index (χ3v) is 6.17. The van der Waals surface area contributed by atoms with Crippen LogP contribution >= 0.6 is 27.5 Å². The fourth-order valence-corrected chi connectivity index (χ4v) is 5.17. The first-order chi connectivity index (χ1) is 8.43. The van der Waals surface area contributed by atoms with Crippen LogP contribution in [0.15, 0.2) is 27.6 Å². The lowest BCUT2D eigenvalue weighted by Crippen LogP contribution is -2.51. The maximum Gasteiger partial charge on any atom is 0.245 e. The summed E-state index contributed by atoms with van der Waals surface area (Å²) in [4.78, 5) is 0.153. The van der Waals surface area contributed by atoms with E-state index in [1.165, 1.54) is 4.31 Å². The average molecular weight is 354 g/mol. The first-order valence-electron chi connectivity index (χ1n) is 5.60. The molecule has 0 spiro atoms. The van der Waals surface area contributed by atoms with E-state index in [0.29, 0.717) is 24.1 Å². The molecular weight excluding hydrogens is 340 g/mol. The van der Waals surface area contributed by atoms with Crippen molar-refractivity contribution in [2.24, 2.45) is 0 Å². The van der Waals surface area contributed by atoms with Gasteiger partial charge in [-0.2, -0.15) is 4.31 Å². The third-order valence-electron chi connectivity index (χ3n) is 2.85. The molecule has 4 nitrogen and oxygen atoms in total. The molecule has 1 aromatic carbocycles. The molecule has 0 amide bonds. The first-order valence-corrected chi connectivity index (χ1v) is 8.21. The van der Waals surface area contributed by atoms with Crippen LogP contribution in [-0.2, 0) is 10.0 Å². The van der Waals surface area contributed by atoms with Crippen molar-refractivity contribution in [3.63, 3.8) is 0 Å². The maximum absolute atomic E-state index is 12.6. The van der Waals surface area contributed by atoms with Crippen LogP contribution < -0.4 is 5.32 Å². The summed E-state index contributed by atoms with van der Waals surface area (Å²) in [6.07, 6.45) is 0. The lowest BCUT2D eigenvalue weighted by Gasteiger charge is -2.31. The lowest BCUT2D eigenvalue weighted by atomic mass is 10.3. The number of rotatable bonds is 2. The van der Waals surface area contributed by atoms with Gasteiger partial charge < -0.3 is 5.32 Å². The van der Waals surface area contributed by atoms with E-state index in [2.05, 4.69) is 21.2 Å². The normalized spacial score (nSPS) is 22.1. The van der Waals surface area contributed by atoms with Gasteiger partial charge in [0.1, 0.15) is 4.90 Å². The van der Waals surface area contributed by atoms with Crippen LogP contribution in [0, 0.1) is 0 Å². The van der Waals surface area contributed by atoms with Crippen LogP contribution in [0.25, 0.3) is 0 Å². The monoisotopic (exact) mass is 352 g/mol. The molecule has 1 saturated heterocycles. The summed E-state index contributed by atoms with van der Waals surface area (Å²) in [7, 11) is -3.54. The number of nitrogens with zero attached hydrogens (tertiary/aromatic N) is 1. The summed E-state index contributed by atoms with van der Waals surface area (Å²) in [5.74, 6) is 0. The highest BCUT2D eigenvalue weighted by Gasteiger charge is 2.31. The Morgan fingerprint density at radius 3 is 2.83 bits per heavy atom. The molecule has 2 rings (SSSR count). The van der Waals surface area contributed by atoms with E-state index in [-0.39, 0.29) is 16.0 Å². The fourth-order valence-electron chi connectivity index (χ4n) is 1.97. The van der Waals surface area contributed by atoms with Crippen molar-refractivity contribution < 1.29 is 8.42 Å². The van der Waals surface area contributed by atoms with Crippen LogP contribution in [0.5, 0.6) is 0 Å². The minimum atomic E-state index is -3.54. The first kappa shape index (κ1) is 14.3. The molecule has 0 radical (unpaired) electrons. The highest BCUT2D eigenvalue weighted by atomic mass is 79.9. The molecule has 0 unspecified atom stereocenters. The van der Waals surface area contributed by atoms with Crippen LogP contribution in [0.1, 0.15) is 6.92 Å². The highest BCUT2D eigenvalue weighted by Crippen LogP contribution is 2.32. The summed E-state index contributed by atoms with van der Waals surface area (Å²) >= 11 is 9.28. The SMILES string of the molecule is C[C@H]1CN(S(=O)(=O)c2c(Cl)cccc2Br)CCN1. The summed E-state index contributed by atoms with van der Waals surface area (Å²) in [6, 6.07) is 5.14. The Morgan fingerprint density at radius 2 is 2.22 bits per heavy atom. The molecule has 18 heavy (non-hydrogen) atoms. The van der Waals surface area contributed by atoms with Crippen molar-refractivity contribution in [1.29, 1.82) is 0 Å². The Balaban J connectivity index is 2.42. The molecule has 0 bridgehead atoms. The summed E-state index contributed by atoms with van der Waals surface area (Å²) in [6.45, 7) is 3.54. The number of piperazine rings is 1. The Hall–Kier alpha value is -0.140. The van der Waals surface area contributed by atoms with Crippen LogP contribution in [0.3, 0.4) is 0 Å². The van der Waals surface area contributed by atoms with Gasteiger partial charge in [-0.3, -0.25) is 0 Å². The number of benzene rings is 1. The van der Waals surface area contributed by atoms with Gasteiger partial charge in [-0.05, 0) is 35.0 Å². The molecule has 0 saturated carbocycles. The Bertz CT molecular complexity index is 530. The van der Waals surface area contributed by atoms with Gasteiger partial charge in [0.25, 0.3) is 0 Å². The molecule has 1 N–H and O–H groups in total. The van der Waals surface area contributed by atoms with E-state index in [9.17, 15) is 8.42 Å². The van der Waals surface area contributed by atoms with Gasteiger partial charge >= 0.3 is 0 Å². The standard InChI is InChI=1S/C11H14BrClN2O2S/c1-8-7-15(6-5-14-8)18(16,17)11-9(12)3-2-4-10(11)13/h2-4,8,14H,5-7H2,1H3/t8-/m0/s1. The quantitative estimate of drug-likeness (QED) is 0.885. The number of nitrogens with one attached hydrogen (secondary N) is 1. The second-order valence-corrected chi connectivity index (χ2v) is 7.41. The van der Waals surface area contributed by atoms with Crippen LogP contribution in [-0.4, -0.2) is 38.4 Å². The van der Waals surface area contributed by atoms with Gasteiger partial charge in [0.15, 0.2) is 0 Å². The van der Waals surface area contributed by atoms with E-state index < -0.39 is 10.0 Å². The van der Waals surface area contributed by atoms with E-state index in [4.69, 9.17) is 11.6 Å². The molecule has 1 aliphatic rings. The van der Waals surface area contributed by atoms with Gasteiger partial charge in [0.05, 0.1) is 5.02 Å². The Labute approximate surface area is 120 Å². The lowest BCUT2D eigenvalue weighted by molar-refractivity contribution is 0.310. The van der Waals surface area contributed by atoms with Gasteiger partial charge in [-0.25, -0.2) is 8.42 Å². The van der Waals surface area contributed by atoms with Gasteiger partial charge in [-0.15, -0.1) is 0 Å². The molecule has 1 aliphatic heterocycles. The van der Waals surface area contributed by atoms with Crippen LogP contribution in [0.2, 0.25) is 5.02 Å². The zero-order valence-electron chi connectivity index (χ0n) is 9.86. The predicted octanol–water partition coefficient (Wildman–Crippen LogP) is 2.08. The fraction of sp³-hybridized carbons (Fsp3) is 0.455. The van der Waals surface area contributed by atoms with Crippen molar-refractivity contribution in [1.82, 2.24) is 9.62 Å². The van der Waals surface area contributed by atoms with Crippen molar-refractivity contribution in [2.45, 2.75) is 17.9 Å². The molecule has 1 heterocycles. The number of hydrogen-bond donors (Lipinski definition) is 1. The molecule has 100 valence electrons. The molecule has 7 heteroatoms. The number of sulfonamides is 1. The molecule has 1 aromatic rings. The van der Waals surface area contributed by atoms with Crippen molar-refractivity contribution >= 4 is 37.6 Å². The Morgan fingerprint density at radius 1 is 1.50 bits per heavy atom. The van der Waals surface area contributed by atoms with Gasteiger partial charge in [-0.1, -0.05) is 17.7 Å². The molecular formula is C11H14BrClN2O2S. The zero-order valence-corrected chi connectivity index (χ0v) is 13.0. The van der Waals surface area contributed by atoms with E-state index >= 15 is 0 Å². The summed E-state index contributed by atoms with van der Waals surface area (Å²) in [5.41, 5.74) is 0. The summed E-state index contributed by atoms with van der Waals surface area (Å²) < 4.78 is 27.1. The summed E-state index contributed by atoms with van der Waals surface area (Å²) in [5, 5.41) is 3.46. The second kappa shape index (κ2) is 5.46. The Kier molecular flexibility index (Phi) is 4.33. The molecule has 0 aliphatic carbocycles. The van der Waals surface area contributed by atoms with Crippen molar-refractivity contribution in [2.75, 3.05) is 19.6 Å². The molecule has 1 atom stereocenters. The smallest absolute Gasteiger partial charge is 0.245 e. The van der Waals surface area contributed by atoms with Crippen LogP contribution in [0.4, 0.5) is 0 Å². The van der Waals surface area contributed by atoms with Crippen molar-refractivity contribution in [3.05, 3.63) is 27.7 Å². The highest BCUT2D eigenvalue weighted by molar-refractivity contribution is 9.10. The van der Waals surface area contributed by atoms with E-state index in [0.717, 1.165) is 0 Å². The van der Waals surface area contributed by atoms with E-state index in [1.807, 2.05) is 6.92 Å². The zero-order chi connectivity index (χ0) is 13.3. The average Bonchev–Trinajstić information content (AvgIpc) is 2.28.